The maximum atomic E-state index is 12.1. The van der Waals surface area contributed by atoms with E-state index in [4.69, 9.17) is 5.11 Å². The van der Waals surface area contributed by atoms with Crippen LogP contribution in [0.1, 0.15) is 111 Å². The molecule has 0 aromatic carbocycles. The molecule has 2 N–H and O–H groups in total. The number of aliphatic hydroxyl groups is 1. The zero-order valence-electron chi connectivity index (χ0n) is 20.7. The molecule has 6 nitrogen and oxygen atoms in total. The Hall–Kier alpha value is -1.14. The topological polar surface area (TPSA) is 89.5 Å². The van der Waals surface area contributed by atoms with Crippen LogP contribution in [0.5, 0.6) is 0 Å². The molecule has 0 saturated heterocycles. The van der Waals surface area contributed by atoms with Crippen LogP contribution in [0.15, 0.2) is 0 Å². The lowest BCUT2D eigenvalue weighted by molar-refractivity contribution is -0.915. The predicted octanol–water partition coefficient (Wildman–Crippen LogP) is 3.75. The lowest BCUT2D eigenvalue weighted by Gasteiger charge is -2.36. The highest BCUT2D eigenvalue weighted by molar-refractivity contribution is 5.75. The molecule has 0 aromatic rings. The van der Waals surface area contributed by atoms with Gasteiger partial charge in [0.25, 0.3) is 0 Å². The molecule has 0 bridgehead atoms. The Morgan fingerprint density at radius 3 is 1.60 bits per heavy atom. The van der Waals surface area contributed by atoms with Gasteiger partial charge in [0, 0.05) is 12.8 Å². The van der Waals surface area contributed by atoms with Crippen LogP contribution >= 0.6 is 0 Å². The van der Waals surface area contributed by atoms with Crippen LogP contribution < -0.4 is 10.4 Å². The van der Waals surface area contributed by atoms with E-state index in [9.17, 15) is 14.7 Å². The maximum absolute atomic E-state index is 12.1. The van der Waals surface area contributed by atoms with E-state index < -0.39 is 12.1 Å². The van der Waals surface area contributed by atoms with E-state index in [-0.39, 0.29) is 12.1 Å². The number of rotatable bonds is 17. The number of aliphatic carboxylic acids is 1. The van der Waals surface area contributed by atoms with Gasteiger partial charge < -0.3 is 24.8 Å². The summed E-state index contributed by atoms with van der Waals surface area (Å²) in [4.78, 5) is 21.5. The third-order valence-electron chi connectivity index (χ3n) is 5.72. The van der Waals surface area contributed by atoms with E-state index in [1.807, 2.05) is 0 Å². The van der Waals surface area contributed by atoms with E-state index in [2.05, 4.69) is 40.2 Å². The van der Waals surface area contributed by atoms with Crippen LogP contribution in [0.3, 0.4) is 0 Å². The fourth-order valence-corrected chi connectivity index (χ4v) is 3.20. The van der Waals surface area contributed by atoms with Crippen LogP contribution in [-0.2, 0) is 9.59 Å². The van der Waals surface area contributed by atoms with Crippen LogP contribution in [0.25, 0.3) is 0 Å². The first-order valence-corrected chi connectivity index (χ1v) is 12.1. The number of nitrogens with one attached hydrogen (secondary N) is 1. The molecule has 0 spiro atoms. The van der Waals surface area contributed by atoms with Crippen molar-refractivity contribution in [2.75, 3.05) is 20.6 Å². The Kier molecular flexibility index (Phi) is 20.5. The number of nitrogens with zero attached hydrogens (tertiary/aromatic N) is 1. The molecular weight excluding hydrogens is 380 g/mol. The summed E-state index contributed by atoms with van der Waals surface area (Å²) in [6.07, 6.45) is 15.2. The van der Waals surface area contributed by atoms with Crippen LogP contribution in [0.2, 0.25) is 0 Å². The molecule has 0 aliphatic heterocycles. The number of carbonyl (C=O) groups is 2. The Balaban J connectivity index is 0. The largest absolute Gasteiger partial charge is 0.547 e. The van der Waals surface area contributed by atoms with Gasteiger partial charge in [-0.25, -0.2) is 0 Å². The van der Waals surface area contributed by atoms with E-state index in [0.717, 1.165) is 30.8 Å². The molecule has 180 valence electrons. The second kappa shape index (κ2) is 19.8. The first-order valence-electron chi connectivity index (χ1n) is 12.1. The van der Waals surface area contributed by atoms with Crippen LogP contribution in [0.4, 0.5) is 0 Å². The summed E-state index contributed by atoms with van der Waals surface area (Å²) in [5.74, 6) is -1.20. The standard InChI is InChI=1S/C21H44N2O.C3H6O3/c1-6-9-10-11-12-13-14-15-16-17-18-19-21(24)22-20(7-2)23(4,5)8-3;1-2(4)3(5)6/h20H,6-19H2,1-5H3;2,4H,1H3,(H,5,6). The number of carboxylic acids is 1. The molecule has 2 atom stereocenters. The van der Waals surface area contributed by atoms with E-state index in [1.54, 1.807) is 0 Å². The van der Waals surface area contributed by atoms with Gasteiger partial charge in [0.05, 0.1) is 32.7 Å². The lowest BCUT2D eigenvalue weighted by atomic mass is 10.1. The van der Waals surface area contributed by atoms with Crippen molar-refractivity contribution in [3.05, 3.63) is 0 Å². The summed E-state index contributed by atoms with van der Waals surface area (Å²) >= 11 is 0. The molecule has 0 fully saturated rings. The molecular formula is C24H50N2O4. The van der Waals surface area contributed by atoms with Gasteiger partial charge in [0.1, 0.15) is 0 Å². The number of carbonyl (C=O) groups excluding carboxylic acids is 2. The lowest BCUT2D eigenvalue weighted by Crippen LogP contribution is -2.57. The minimum Gasteiger partial charge on any atom is -0.547 e. The number of carboxylic acid groups (broad SMARTS) is 1. The molecule has 0 aromatic heterocycles. The van der Waals surface area contributed by atoms with Gasteiger partial charge in [-0.1, -0.05) is 78.1 Å². The molecule has 2 unspecified atom stereocenters. The van der Waals surface area contributed by atoms with Crippen molar-refractivity contribution in [3.63, 3.8) is 0 Å². The molecule has 0 radical (unpaired) electrons. The molecule has 0 rings (SSSR count). The zero-order chi connectivity index (χ0) is 23.4. The summed E-state index contributed by atoms with van der Waals surface area (Å²) in [6.45, 7) is 8.78. The maximum Gasteiger partial charge on any atom is 0.224 e. The normalized spacial score (nSPS) is 13.2. The van der Waals surface area contributed by atoms with Crippen molar-refractivity contribution in [3.8, 4) is 0 Å². The highest BCUT2D eigenvalue weighted by atomic mass is 16.4. The zero-order valence-corrected chi connectivity index (χ0v) is 20.7. The van der Waals surface area contributed by atoms with Gasteiger partial charge in [-0.05, 0) is 20.3 Å². The Labute approximate surface area is 186 Å². The number of aliphatic hydroxyl groups excluding tert-OH is 1. The average Bonchev–Trinajstić information content (AvgIpc) is 2.70. The molecule has 6 heteroatoms. The molecule has 1 amide bonds. The summed E-state index contributed by atoms with van der Waals surface area (Å²) in [5, 5.41) is 20.5. The first kappa shape index (κ1) is 31.0. The number of unbranched alkanes of at least 4 members (excludes halogenated alkanes) is 10. The molecule has 30 heavy (non-hydrogen) atoms. The second-order valence-electron chi connectivity index (χ2n) is 8.87. The van der Waals surface area contributed by atoms with Gasteiger partial charge in [0.15, 0.2) is 6.17 Å². The average molecular weight is 431 g/mol. The van der Waals surface area contributed by atoms with Gasteiger partial charge >= 0.3 is 0 Å². The first-order chi connectivity index (χ1) is 14.1. The summed E-state index contributed by atoms with van der Waals surface area (Å²) in [6, 6.07) is 0. The third kappa shape index (κ3) is 18.9. The highest BCUT2D eigenvalue weighted by Crippen LogP contribution is 2.12. The fourth-order valence-electron chi connectivity index (χ4n) is 3.20. The van der Waals surface area contributed by atoms with Crippen molar-refractivity contribution in [1.82, 2.24) is 5.32 Å². The smallest absolute Gasteiger partial charge is 0.224 e. The van der Waals surface area contributed by atoms with E-state index in [0.29, 0.717) is 6.42 Å². The third-order valence-corrected chi connectivity index (χ3v) is 5.72. The quantitative estimate of drug-likeness (QED) is 0.209. The summed E-state index contributed by atoms with van der Waals surface area (Å²) < 4.78 is 0.862. The van der Waals surface area contributed by atoms with Crippen molar-refractivity contribution in [2.24, 2.45) is 0 Å². The minimum atomic E-state index is -1.44. The Bertz CT molecular complexity index is 425. The number of amides is 1. The van der Waals surface area contributed by atoms with E-state index in [1.165, 1.54) is 64.2 Å². The van der Waals surface area contributed by atoms with Crippen molar-refractivity contribution >= 4 is 11.9 Å². The van der Waals surface area contributed by atoms with E-state index >= 15 is 0 Å². The van der Waals surface area contributed by atoms with Crippen LogP contribution in [0, 0.1) is 0 Å². The number of hydrogen-bond acceptors (Lipinski definition) is 4. The van der Waals surface area contributed by atoms with Crippen molar-refractivity contribution in [1.29, 1.82) is 0 Å². The molecule has 0 aliphatic rings. The molecule has 0 saturated carbocycles. The Morgan fingerprint density at radius 1 is 0.867 bits per heavy atom. The molecule has 0 heterocycles. The second-order valence-corrected chi connectivity index (χ2v) is 8.87. The van der Waals surface area contributed by atoms with Gasteiger partial charge in [-0.15, -0.1) is 0 Å². The number of hydrogen-bond donors (Lipinski definition) is 2. The summed E-state index contributed by atoms with van der Waals surface area (Å²) in [5.41, 5.74) is 0. The van der Waals surface area contributed by atoms with Gasteiger partial charge in [0.2, 0.25) is 5.91 Å². The Morgan fingerprint density at radius 2 is 1.27 bits per heavy atom. The van der Waals surface area contributed by atoms with Crippen LogP contribution in [-0.4, -0.2) is 54.4 Å². The van der Waals surface area contributed by atoms with Gasteiger partial charge in [-0.3, -0.25) is 4.79 Å². The number of quaternary nitrogens is 1. The van der Waals surface area contributed by atoms with Crippen molar-refractivity contribution < 1.29 is 24.3 Å². The SMILES string of the molecule is CC(O)C(=O)[O-].CCCCCCCCCCCCCC(=O)NC(CC)[N+](C)(C)CC. The minimum absolute atomic E-state index is 0.234. The molecule has 0 aliphatic carbocycles. The predicted molar refractivity (Wildman–Crippen MR) is 123 cm³/mol. The highest BCUT2D eigenvalue weighted by Gasteiger charge is 2.25. The summed E-state index contributed by atoms with van der Waals surface area (Å²) in [7, 11) is 4.38. The fraction of sp³-hybridized carbons (Fsp3) is 0.917. The monoisotopic (exact) mass is 430 g/mol. The van der Waals surface area contributed by atoms with Gasteiger partial charge in [-0.2, -0.15) is 0 Å². The van der Waals surface area contributed by atoms with Crippen molar-refractivity contribution in [2.45, 2.75) is 123 Å².